The summed E-state index contributed by atoms with van der Waals surface area (Å²) in [5, 5.41) is 34.4. The molecule has 0 radical (unpaired) electrons. The standard InChI is InChI=1S/C25H26N2O4S.C24H24N2O4S.C23H27BO4.C8H11IN2O2S.C5H4INO2S.C3H8O.CH4.Li.H2O/c1-15(2)31-24(29)26-21-16(3)27-32-22(21)19-7-5-17(6-8-19)18-9-11-20(12-10-18)25(13-14-25)23(28)30-4;1-14(2)30-23(29)25-20-15(3)26-31-21(20)18-6-4-16(5-7-18)17-8-10-19(11-9-17)24(12-13-24)22(27)28;1-21(2)22(3,4)28-24(27-21)19-12-8-17(9-13-19)16-6-10-18(11-7-16)23(14-15-23)20(25)26-5;1-4(2)13-8(12)10-6-5(3)11-14-7(6)9;1-2-3(5(8)9)4(6)10-7-2;1-3(2)4;;;/h5-12,15H,13-14H2,1-4H3,(H,26,29);4-11,14H,12-13H2,1-3H3,(H,25,29)(H,27,28);6-13H,14-15H2,1-5H3;4H,1-3H3,(H,10,12);1H3,(H,8,9);3-4H,1-2H3;1H4;;1H2/q;;;;;;;+1;/p-1. The Balaban J connectivity index is 0.000000243. The molecule has 3 saturated carbocycles. The molecule has 7 N–H and O–H groups in total. The number of esters is 2. The molecule has 0 atom stereocenters. The maximum Gasteiger partial charge on any atom is 1.00 e. The summed E-state index contributed by atoms with van der Waals surface area (Å²) in [5.74, 6) is -1.93. The topological polar surface area (TPSA) is 362 Å². The van der Waals surface area contributed by atoms with E-state index in [4.69, 9.17) is 43.2 Å². The number of amides is 3. The van der Waals surface area contributed by atoms with Crippen LogP contribution in [0.3, 0.4) is 0 Å². The molecule has 646 valence electrons. The molecule has 6 aromatic carbocycles. The van der Waals surface area contributed by atoms with Crippen LogP contribution in [-0.4, -0.2) is 137 Å². The fourth-order valence-corrected chi connectivity index (χ4v) is 17.2. The third-order valence-corrected chi connectivity index (χ3v) is 25.8. The quantitative estimate of drug-likeness (QED) is 0.0189. The molecule has 4 aromatic heterocycles. The first-order valence-electron chi connectivity index (χ1n) is 38.6. The summed E-state index contributed by atoms with van der Waals surface area (Å²) in [6.45, 7) is 29.8. The predicted molar refractivity (Wildman–Crippen MR) is 495 cm³/mol. The first kappa shape index (κ1) is 102. The molecule has 14 rings (SSSR count). The SMILES string of the molecule is C.CC(C)O.COC(=O)C1(c2ccc(-c3ccc(-c4snc(C)c4NC(=O)OC(C)C)cc3)cc2)CC1.COC(=O)C1(c2ccc(-c3ccc(B4OC(C)(C)C(C)(C)O4)cc3)cc2)CC1.Cc1nsc(-c2ccc(-c3ccc(C4(C(=O)O)CC4)cc3)cc2)c1NC(=O)OC(C)C.Cc1nsc(I)c1C(=O)O.Cc1nsc(I)c1NC(=O)OC(C)C.[Li+].[OH-]. The Morgan fingerprint density at radius 3 is 0.943 bits per heavy atom. The first-order valence-corrected chi connectivity index (χ1v) is 43.8. The Morgan fingerprint density at radius 2 is 0.689 bits per heavy atom. The molecule has 0 unspecified atom stereocenters. The summed E-state index contributed by atoms with van der Waals surface area (Å²) in [7, 11) is 2.55. The number of anilines is 3. The molecule has 3 amide bonds. The second-order valence-corrected chi connectivity index (χ2v) is 37.8. The zero-order valence-corrected chi connectivity index (χ0v) is 78.7. The van der Waals surface area contributed by atoms with Gasteiger partial charge >= 0.3 is 68.1 Å². The van der Waals surface area contributed by atoms with E-state index in [1.807, 2.05) is 180 Å². The minimum absolute atomic E-state index is 0. The number of hydrogen-bond acceptors (Lipinski definition) is 24. The van der Waals surface area contributed by atoms with Crippen LogP contribution in [0.5, 0.6) is 0 Å². The number of nitrogens with one attached hydrogen (secondary N) is 3. The van der Waals surface area contributed by atoms with Crippen LogP contribution >= 0.6 is 91.3 Å². The van der Waals surface area contributed by atoms with Crippen molar-refractivity contribution in [2.75, 3.05) is 30.2 Å². The van der Waals surface area contributed by atoms with Crippen LogP contribution in [-0.2, 0) is 63.6 Å². The minimum atomic E-state index is -0.893. The Labute approximate surface area is 769 Å². The van der Waals surface area contributed by atoms with Crippen molar-refractivity contribution >= 4 is 163 Å². The average Bonchev–Trinajstić information content (AvgIpc) is 1.60. The molecule has 5 heterocycles. The number of aliphatic hydroxyl groups is 1. The molecule has 10 aromatic rings. The van der Waals surface area contributed by atoms with Gasteiger partial charge in [-0.15, -0.1) is 0 Å². The van der Waals surface area contributed by atoms with Crippen molar-refractivity contribution in [3.63, 3.8) is 0 Å². The largest absolute Gasteiger partial charge is 1.00 e. The Kier molecular flexibility index (Phi) is 37.2. The maximum atomic E-state index is 12.1. The van der Waals surface area contributed by atoms with Crippen molar-refractivity contribution < 1.29 is 106 Å². The van der Waals surface area contributed by atoms with Gasteiger partial charge in [0, 0.05) is 6.10 Å². The summed E-state index contributed by atoms with van der Waals surface area (Å²) in [6, 6.07) is 48.5. The van der Waals surface area contributed by atoms with Gasteiger partial charge in [-0.25, -0.2) is 19.2 Å². The molecule has 0 bridgehead atoms. The molecule has 0 spiro atoms. The number of carbonyl (C=O) groups is 7. The molecule has 33 heteroatoms. The number of aromatic carboxylic acids is 1. The van der Waals surface area contributed by atoms with E-state index in [0.29, 0.717) is 35.5 Å². The Morgan fingerprint density at radius 1 is 0.426 bits per heavy atom. The molecular formula is C89H105BI2LiN7O18S4. The van der Waals surface area contributed by atoms with E-state index in [2.05, 4.69) is 120 Å². The minimum Gasteiger partial charge on any atom is -0.870 e. The van der Waals surface area contributed by atoms with Crippen molar-refractivity contribution in [1.82, 2.24) is 17.5 Å². The number of rotatable bonds is 19. The van der Waals surface area contributed by atoms with Gasteiger partial charge in [0.2, 0.25) is 0 Å². The van der Waals surface area contributed by atoms with E-state index in [1.165, 1.54) is 60.3 Å². The van der Waals surface area contributed by atoms with E-state index in [-0.39, 0.29) is 86.4 Å². The van der Waals surface area contributed by atoms with Gasteiger partial charge in [-0.3, -0.25) is 30.3 Å². The van der Waals surface area contributed by atoms with Crippen molar-refractivity contribution in [2.24, 2.45) is 0 Å². The molecule has 1 aliphatic heterocycles. The van der Waals surface area contributed by atoms with E-state index in [9.17, 15) is 38.7 Å². The van der Waals surface area contributed by atoms with E-state index >= 15 is 0 Å². The number of carbonyl (C=O) groups excluding carboxylic acids is 5. The van der Waals surface area contributed by atoms with Gasteiger partial charge < -0.3 is 53.8 Å². The van der Waals surface area contributed by atoms with Crippen molar-refractivity contribution in [2.45, 2.75) is 209 Å². The number of carboxylic acid groups (broad SMARTS) is 2. The number of benzene rings is 6. The number of halogens is 2. The van der Waals surface area contributed by atoms with Crippen LogP contribution in [0.4, 0.5) is 31.4 Å². The smallest absolute Gasteiger partial charge is 0.870 e. The first-order chi connectivity index (χ1) is 56.2. The number of aliphatic carboxylic acids is 1. The fraction of sp³-hybridized carbons (Fsp3) is 0.382. The molecule has 4 aliphatic rings. The zero-order valence-electron chi connectivity index (χ0n) is 71.2. The Bertz CT molecular complexity index is 5150. The summed E-state index contributed by atoms with van der Waals surface area (Å²) >= 11 is 9.35. The van der Waals surface area contributed by atoms with Crippen molar-refractivity contribution in [3.05, 3.63) is 196 Å². The van der Waals surface area contributed by atoms with E-state index in [0.717, 1.165) is 131 Å². The summed E-state index contributed by atoms with van der Waals surface area (Å²) in [6.07, 6.45) is 2.71. The summed E-state index contributed by atoms with van der Waals surface area (Å²) in [4.78, 5) is 83.3. The number of methoxy groups -OCH3 is 2. The number of ether oxygens (including phenoxy) is 5. The van der Waals surface area contributed by atoms with Gasteiger partial charge in [-0.05, 0) is 307 Å². The summed E-state index contributed by atoms with van der Waals surface area (Å²) < 4.78 is 56.0. The molecular weight excluding hydrogens is 1850 g/mol. The molecule has 4 fully saturated rings. The van der Waals surface area contributed by atoms with Crippen LogP contribution in [0, 0.1) is 33.5 Å². The average molecular weight is 1960 g/mol. The molecule has 25 nitrogen and oxygen atoms in total. The fourth-order valence-electron chi connectivity index (χ4n) is 12.5. The molecule has 122 heavy (non-hydrogen) atoms. The van der Waals surface area contributed by atoms with Crippen LogP contribution in [0.2, 0.25) is 0 Å². The van der Waals surface area contributed by atoms with Crippen molar-refractivity contribution in [3.8, 4) is 54.3 Å². The molecule has 3 aliphatic carbocycles. The van der Waals surface area contributed by atoms with Crippen LogP contribution in [0.25, 0.3) is 54.3 Å². The third kappa shape index (κ3) is 25.8. The van der Waals surface area contributed by atoms with Gasteiger partial charge in [0.1, 0.15) is 11.3 Å². The number of aryl methyl sites for hydroxylation is 4. The number of aliphatic hydroxyl groups excluding tert-OH is 1. The zero-order chi connectivity index (χ0) is 87.2. The predicted octanol–water partition coefficient (Wildman–Crippen LogP) is 18.3. The number of carboxylic acids is 2. The van der Waals surface area contributed by atoms with Gasteiger partial charge in [0.05, 0.1) is 110 Å². The van der Waals surface area contributed by atoms with Gasteiger partial charge in [-0.2, -0.15) is 17.5 Å². The van der Waals surface area contributed by atoms with Crippen molar-refractivity contribution in [1.29, 1.82) is 0 Å². The number of hydrogen-bond donors (Lipinski definition) is 6. The Hall–Kier alpha value is -8.51. The van der Waals surface area contributed by atoms with Crippen LogP contribution < -0.4 is 40.3 Å². The maximum absolute atomic E-state index is 12.1. The second-order valence-electron chi connectivity index (χ2n) is 31.0. The van der Waals surface area contributed by atoms with Gasteiger partial charge in [-0.1, -0.05) is 153 Å². The monoisotopic (exact) mass is 1960 g/mol. The molecule has 1 saturated heterocycles. The van der Waals surface area contributed by atoms with E-state index in [1.54, 1.807) is 34.6 Å². The third-order valence-electron chi connectivity index (χ3n) is 20.1. The second kappa shape index (κ2) is 44.4. The summed E-state index contributed by atoms with van der Waals surface area (Å²) in [5.41, 5.74) is 15.4. The van der Waals surface area contributed by atoms with Crippen LogP contribution in [0.1, 0.15) is 179 Å². The van der Waals surface area contributed by atoms with Gasteiger partial charge in [0.25, 0.3) is 0 Å². The number of nitrogens with zero attached hydrogens (tertiary/aromatic N) is 4. The van der Waals surface area contributed by atoms with E-state index < -0.39 is 46.5 Å². The normalized spacial score (nSPS) is 14.5. The van der Waals surface area contributed by atoms with Crippen LogP contribution in [0.15, 0.2) is 146 Å². The van der Waals surface area contributed by atoms with Gasteiger partial charge in [0.15, 0.2) is 0 Å². The number of aromatic nitrogens is 4.